The quantitative estimate of drug-likeness (QED) is 0.430. The predicted molar refractivity (Wildman–Crippen MR) is 72.9 cm³/mol. The minimum absolute atomic E-state index is 0.1000. The molecule has 0 aliphatic heterocycles. The molecular weight excluding hydrogens is 244 g/mol. The van der Waals surface area contributed by atoms with Crippen LogP contribution in [0.2, 0.25) is 0 Å². The number of esters is 1. The van der Waals surface area contributed by atoms with Gasteiger partial charge in [-0.25, -0.2) is 4.79 Å². The van der Waals surface area contributed by atoms with Crippen LogP contribution in [0.25, 0.3) is 6.08 Å². The van der Waals surface area contributed by atoms with E-state index < -0.39 is 5.97 Å². The zero-order chi connectivity index (χ0) is 14.1. The normalized spacial score (nSPS) is 10.4. The van der Waals surface area contributed by atoms with Crippen LogP contribution < -0.4 is 4.74 Å². The first-order valence-corrected chi connectivity index (χ1v) is 6.10. The van der Waals surface area contributed by atoms with Crippen LogP contribution in [0.3, 0.4) is 0 Å². The van der Waals surface area contributed by atoms with Crippen molar-refractivity contribution in [2.24, 2.45) is 0 Å². The highest BCUT2D eigenvalue weighted by atomic mass is 16.5. The van der Waals surface area contributed by atoms with Crippen molar-refractivity contribution < 1.29 is 19.1 Å². The molecular formula is C15H18O4. The lowest BCUT2D eigenvalue weighted by Gasteiger charge is -2.01. The number of carbonyl (C=O) groups excluding carboxylic acids is 2. The van der Waals surface area contributed by atoms with E-state index in [0.29, 0.717) is 12.8 Å². The standard InChI is InChI=1S/C15H18O4/c1-12(16)5-4-10-19-15(17)9-8-13-6-3-7-14(11-13)18-2/h3,6-9,11H,4-5,10H2,1-2H3. The largest absolute Gasteiger partial charge is 0.497 e. The van der Waals surface area contributed by atoms with Gasteiger partial charge < -0.3 is 14.3 Å². The van der Waals surface area contributed by atoms with Crippen molar-refractivity contribution in [1.82, 2.24) is 0 Å². The van der Waals surface area contributed by atoms with Crippen molar-refractivity contribution >= 4 is 17.8 Å². The highest BCUT2D eigenvalue weighted by molar-refractivity contribution is 5.87. The number of rotatable bonds is 7. The minimum Gasteiger partial charge on any atom is -0.497 e. The molecule has 0 amide bonds. The summed E-state index contributed by atoms with van der Waals surface area (Å²) in [6, 6.07) is 7.36. The van der Waals surface area contributed by atoms with E-state index in [1.165, 1.54) is 13.0 Å². The van der Waals surface area contributed by atoms with Crippen molar-refractivity contribution in [3.63, 3.8) is 0 Å². The summed E-state index contributed by atoms with van der Waals surface area (Å²) in [6.07, 6.45) is 4.03. The molecule has 0 atom stereocenters. The number of hydrogen-bond donors (Lipinski definition) is 0. The summed E-state index contributed by atoms with van der Waals surface area (Å²) < 4.78 is 10.0. The molecule has 0 aliphatic carbocycles. The lowest BCUT2D eigenvalue weighted by atomic mass is 10.2. The molecule has 0 saturated heterocycles. The molecule has 1 aromatic carbocycles. The first kappa shape index (κ1) is 15.0. The van der Waals surface area contributed by atoms with Crippen LogP contribution in [-0.4, -0.2) is 25.5 Å². The Balaban J connectivity index is 2.38. The van der Waals surface area contributed by atoms with Crippen LogP contribution in [0.4, 0.5) is 0 Å². The molecule has 1 rings (SSSR count). The van der Waals surface area contributed by atoms with E-state index >= 15 is 0 Å². The van der Waals surface area contributed by atoms with E-state index in [-0.39, 0.29) is 12.4 Å². The number of benzene rings is 1. The van der Waals surface area contributed by atoms with Crippen LogP contribution in [0, 0.1) is 0 Å². The molecule has 0 heterocycles. The van der Waals surface area contributed by atoms with E-state index in [0.717, 1.165) is 11.3 Å². The average molecular weight is 262 g/mol. The molecule has 0 bridgehead atoms. The van der Waals surface area contributed by atoms with Gasteiger partial charge in [-0.15, -0.1) is 0 Å². The van der Waals surface area contributed by atoms with Gasteiger partial charge in [-0.1, -0.05) is 12.1 Å². The van der Waals surface area contributed by atoms with Gasteiger partial charge in [0.25, 0.3) is 0 Å². The van der Waals surface area contributed by atoms with Crippen LogP contribution in [0.1, 0.15) is 25.3 Å². The number of ether oxygens (including phenoxy) is 2. The Hall–Kier alpha value is -2.10. The number of hydrogen-bond acceptors (Lipinski definition) is 4. The first-order chi connectivity index (χ1) is 9.11. The molecule has 0 aliphatic rings. The summed E-state index contributed by atoms with van der Waals surface area (Å²) in [6.45, 7) is 1.78. The summed E-state index contributed by atoms with van der Waals surface area (Å²) in [5, 5.41) is 0. The van der Waals surface area contributed by atoms with E-state index in [4.69, 9.17) is 9.47 Å². The third kappa shape index (κ3) is 6.41. The molecule has 0 unspecified atom stereocenters. The van der Waals surface area contributed by atoms with E-state index in [1.54, 1.807) is 13.2 Å². The van der Waals surface area contributed by atoms with Gasteiger partial charge in [-0.2, -0.15) is 0 Å². The number of Topliss-reactive ketones (excluding diaryl/α,β-unsaturated/α-hetero) is 1. The summed E-state index contributed by atoms with van der Waals surface area (Å²) in [7, 11) is 1.59. The summed E-state index contributed by atoms with van der Waals surface area (Å²) >= 11 is 0. The van der Waals surface area contributed by atoms with Gasteiger partial charge in [0.1, 0.15) is 11.5 Å². The maximum absolute atomic E-state index is 11.4. The molecule has 0 saturated carbocycles. The third-order valence-corrected chi connectivity index (χ3v) is 2.42. The van der Waals surface area contributed by atoms with Crippen molar-refractivity contribution in [2.75, 3.05) is 13.7 Å². The van der Waals surface area contributed by atoms with Gasteiger partial charge in [0, 0.05) is 12.5 Å². The van der Waals surface area contributed by atoms with E-state index in [9.17, 15) is 9.59 Å². The Kier molecular flexibility index (Phi) is 6.36. The first-order valence-electron chi connectivity index (χ1n) is 6.10. The Bertz CT molecular complexity index is 463. The van der Waals surface area contributed by atoms with Crippen molar-refractivity contribution in [3.8, 4) is 5.75 Å². The maximum atomic E-state index is 11.4. The zero-order valence-electron chi connectivity index (χ0n) is 11.2. The Morgan fingerprint density at radius 2 is 2.11 bits per heavy atom. The fourth-order valence-corrected chi connectivity index (χ4v) is 1.45. The van der Waals surface area contributed by atoms with Crippen LogP contribution in [-0.2, 0) is 14.3 Å². The number of methoxy groups -OCH3 is 1. The highest BCUT2D eigenvalue weighted by Crippen LogP contribution is 2.13. The monoisotopic (exact) mass is 262 g/mol. The molecule has 19 heavy (non-hydrogen) atoms. The van der Waals surface area contributed by atoms with Crippen molar-refractivity contribution in [3.05, 3.63) is 35.9 Å². The molecule has 4 heteroatoms. The molecule has 102 valence electrons. The highest BCUT2D eigenvalue weighted by Gasteiger charge is 1.99. The Morgan fingerprint density at radius 3 is 2.79 bits per heavy atom. The third-order valence-electron chi connectivity index (χ3n) is 2.42. The minimum atomic E-state index is -0.411. The summed E-state index contributed by atoms with van der Waals surface area (Å²) in [5.74, 6) is 0.423. The molecule has 0 spiro atoms. The van der Waals surface area contributed by atoms with Gasteiger partial charge in [0.05, 0.1) is 13.7 Å². The van der Waals surface area contributed by atoms with Crippen LogP contribution >= 0.6 is 0 Å². The number of ketones is 1. The maximum Gasteiger partial charge on any atom is 0.330 e. The summed E-state index contributed by atoms with van der Waals surface area (Å²) in [4.78, 5) is 22.1. The lowest BCUT2D eigenvalue weighted by Crippen LogP contribution is -2.03. The van der Waals surface area contributed by atoms with Gasteiger partial charge in [-0.3, -0.25) is 0 Å². The molecule has 1 aromatic rings. The zero-order valence-corrected chi connectivity index (χ0v) is 11.2. The SMILES string of the molecule is COc1cccc(C=CC(=O)OCCCC(C)=O)c1. The van der Waals surface area contributed by atoms with E-state index in [1.807, 2.05) is 24.3 Å². The van der Waals surface area contributed by atoms with Gasteiger partial charge in [-0.05, 0) is 37.1 Å². The second kappa shape index (κ2) is 8.08. The Morgan fingerprint density at radius 1 is 1.32 bits per heavy atom. The van der Waals surface area contributed by atoms with Gasteiger partial charge in [0.2, 0.25) is 0 Å². The van der Waals surface area contributed by atoms with Crippen molar-refractivity contribution in [2.45, 2.75) is 19.8 Å². The van der Waals surface area contributed by atoms with Gasteiger partial charge in [0.15, 0.2) is 0 Å². The Labute approximate surface area is 113 Å². The topological polar surface area (TPSA) is 52.6 Å². The van der Waals surface area contributed by atoms with Gasteiger partial charge >= 0.3 is 5.97 Å². The second-order valence-corrected chi connectivity index (χ2v) is 4.08. The second-order valence-electron chi connectivity index (χ2n) is 4.08. The lowest BCUT2D eigenvalue weighted by molar-refractivity contribution is -0.138. The fourth-order valence-electron chi connectivity index (χ4n) is 1.45. The number of carbonyl (C=O) groups is 2. The molecule has 0 fully saturated rings. The molecule has 0 N–H and O–H groups in total. The van der Waals surface area contributed by atoms with E-state index in [2.05, 4.69) is 0 Å². The molecule has 4 nitrogen and oxygen atoms in total. The summed E-state index contributed by atoms with van der Waals surface area (Å²) in [5.41, 5.74) is 0.861. The molecule has 0 aromatic heterocycles. The average Bonchev–Trinajstić information content (AvgIpc) is 2.41. The smallest absolute Gasteiger partial charge is 0.330 e. The fraction of sp³-hybridized carbons (Fsp3) is 0.333. The molecule has 0 radical (unpaired) electrons. The van der Waals surface area contributed by atoms with Crippen LogP contribution in [0.15, 0.2) is 30.3 Å². The van der Waals surface area contributed by atoms with Crippen molar-refractivity contribution in [1.29, 1.82) is 0 Å². The van der Waals surface area contributed by atoms with Crippen LogP contribution in [0.5, 0.6) is 5.75 Å². The predicted octanol–water partition coefficient (Wildman–Crippen LogP) is 2.62.